The molecule has 0 aliphatic heterocycles. The van der Waals surface area contributed by atoms with Gasteiger partial charge in [-0.15, -0.1) is 21.5 Å². The molecule has 9 nitrogen and oxygen atoms in total. The first-order valence-electron chi connectivity index (χ1n) is 9.62. The van der Waals surface area contributed by atoms with Gasteiger partial charge in [0.15, 0.2) is 5.82 Å². The summed E-state index contributed by atoms with van der Waals surface area (Å²) in [5.74, 6) is 8.70. The van der Waals surface area contributed by atoms with Crippen LogP contribution in [0, 0.1) is 0 Å². The van der Waals surface area contributed by atoms with Gasteiger partial charge in [0.2, 0.25) is 5.16 Å². The first-order valence-corrected chi connectivity index (χ1v) is 11.4. The number of rotatable bonds is 6. The molecule has 1 aromatic carbocycles. The molecule has 0 saturated carbocycles. The van der Waals surface area contributed by atoms with Crippen molar-refractivity contribution in [3.8, 4) is 28.5 Å². The van der Waals surface area contributed by atoms with Gasteiger partial charge in [-0.3, -0.25) is 4.79 Å². The number of nitrogen functional groups attached to an aromatic ring is 1. The van der Waals surface area contributed by atoms with Gasteiger partial charge in [0, 0.05) is 16.5 Å². The maximum Gasteiger partial charge on any atom is 0.260 e. The second-order valence-corrected chi connectivity index (χ2v) is 9.09. The van der Waals surface area contributed by atoms with Crippen molar-refractivity contribution in [3.05, 3.63) is 64.2 Å². The minimum atomic E-state index is -0.212. The molecule has 0 amide bonds. The summed E-state index contributed by atoms with van der Waals surface area (Å²) in [6, 6.07) is 11.0. The molecular formula is C21H18N6O3S2. The van der Waals surface area contributed by atoms with Crippen LogP contribution in [-0.2, 0) is 0 Å². The molecule has 0 fully saturated rings. The maximum absolute atomic E-state index is 12.8. The summed E-state index contributed by atoms with van der Waals surface area (Å²) in [5.41, 5.74) is 1.34. The van der Waals surface area contributed by atoms with Gasteiger partial charge in [-0.25, -0.2) is 9.66 Å². The zero-order valence-electron chi connectivity index (χ0n) is 17.1. The molecule has 0 aliphatic rings. The van der Waals surface area contributed by atoms with Crippen LogP contribution in [0.5, 0.6) is 5.75 Å². The summed E-state index contributed by atoms with van der Waals surface area (Å²) in [5, 5.41) is 11.1. The Bertz CT molecular complexity index is 1440. The normalized spacial score (nSPS) is 12.3. The minimum Gasteiger partial charge on any atom is -0.497 e. The summed E-state index contributed by atoms with van der Waals surface area (Å²) in [6.07, 6.45) is 1.58. The molecule has 162 valence electrons. The highest BCUT2D eigenvalue weighted by Gasteiger charge is 2.20. The van der Waals surface area contributed by atoms with E-state index in [1.807, 2.05) is 42.6 Å². The van der Waals surface area contributed by atoms with E-state index in [2.05, 4.69) is 20.2 Å². The lowest BCUT2D eigenvalue weighted by Gasteiger charge is -2.10. The fourth-order valence-electron chi connectivity index (χ4n) is 3.28. The Morgan fingerprint density at radius 1 is 1.25 bits per heavy atom. The van der Waals surface area contributed by atoms with E-state index in [9.17, 15) is 4.79 Å². The number of ether oxygens (including phenoxy) is 1. The number of aromatic nitrogens is 5. The number of thioether (sulfide) groups is 1. The van der Waals surface area contributed by atoms with E-state index in [1.165, 1.54) is 27.8 Å². The first-order chi connectivity index (χ1) is 15.5. The molecule has 4 aromatic heterocycles. The van der Waals surface area contributed by atoms with Gasteiger partial charge in [0.05, 0.1) is 24.0 Å². The number of furan rings is 1. The monoisotopic (exact) mass is 466 g/mol. The van der Waals surface area contributed by atoms with Gasteiger partial charge in [-0.1, -0.05) is 11.8 Å². The lowest BCUT2D eigenvalue weighted by Crippen LogP contribution is -2.14. The molecule has 1 atom stereocenters. The molecular weight excluding hydrogens is 448 g/mol. The number of H-pyrrole nitrogens is 1. The van der Waals surface area contributed by atoms with Crippen LogP contribution < -0.4 is 16.1 Å². The van der Waals surface area contributed by atoms with Gasteiger partial charge < -0.3 is 20.0 Å². The van der Waals surface area contributed by atoms with Crippen molar-refractivity contribution in [2.75, 3.05) is 13.0 Å². The second-order valence-electron chi connectivity index (χ2n) is 6.92. The molecule has 11 heteroatoms. The van der Waals surface area contributed by atoms with E-state index >= 15 is 0 Å². The maximum atomic E-state index is 12.8. The number of hydrogen-bond acceptors (Lipinski definition) is 9. The summed E-state index contributed by atoms with van der Waals surface area (Å²) in [7, 11) is 1.61. The van der Waals surface area contributed by atoms with Crippen molar-refractivity contribution in [1.29, 1.82) is 0 Å². The molecule has 1 unspecified atom stereocenters. The van der Waals surface area contributed by atoms with Crippen LogP contribution in [0.15, 0.2) is 62.4 Å². The summed E-state index contributed by atoms with van der Waals surface area (Å²) in [6.45, 7) is 1.93. The number of hydrogen-bond donors (Lipinski definition) is 2. The van der Waals surface area contributed by atoms with Crippen molar-refractivity contribution in [3.63, 3.8) is 0 Å². The van der Waals surface area contributed by atoms with Crippen LogP contribution in [0.3, 0.4) is 0 Å². The van der Waals surface area contributed by atoms with Crippen molar-refractivity contribution in [2.24, 2.45) is 0 Å². The van der Waals surface area contributed by atoms with Crippen LogP contribution in [-0.4, -0.2) is 32.0 Å². The molecule has 0 saturated heterocycles. The highest BCUT2D eigenvalue weighted by Crippen LogP contribution is 2.35. The van der Waals surface area contributed by atoms with Crippen molar-refractivity contribution in [2.45, 2.75) is 17.3 Å². The van der Waals surface area contributed by atoms with E-state index in [1.54, 1.807) is 19.4 Å². The van der Waals surface area contributed by atoms with E-state index in [0.717, 1.165) is 16.9 Å². The number of nitrogens with zero attached hydrogens (tertiary/aromatic N) is 4. The predicted molar refractivity (Wildman–Crippen MR) is 124 cm³/mol. The molecule has 0 aliphatic carbocycles. The molecule has 32 heavy (non-hydrogen) atoms. The molecule has 0 radical (unpaired) electrons. The molecule has 3 N–H and O–H groups in total. The number of nitrogens with one attached hydrogen (secondary N) is 1. The highest BCUT2D eigenvalue weighted by atomic mass is 32.2. The van der Waals surface area contributed by atoms with Crippen molar-refractivity contribution in [1.82, 2.24) is 24.8 Å². The fraction of sp³-hybridized carbons (Fsp3) is 0.143. The molecule has 0 spiro atoms. The quantitative estimate of drug-likeness (QED) is 0.283. The van der Waals surface area contributed by atoms with Crippen molar-refractivity contribution >= 4 is 33.3 Å². The molecule has 5 aromatic rings. The third-order valence-electron chi connectivity index (χ3n) is 4.93. The van der Waals surface area contributed by atoms with Gasteiger partial charge in [0.25, 0.3) is 5.56 Å². The zero-order valence-corrected chi connectivity index (χ0v) is 18.7. The molecule has 0 bridgehead atoms. The predicted octanol–water partition coefficient (Wildman–Crippen LogP) is 4.08. The Labute approximate surface area is 190 Å². The lowest BCUT2D eigenvalue weighted by molar-refractivity contribution is 0.415. The SMILES string of the molecule is COc1ccc(-c2nnc(SC(C)c3nc4scc(-c5ccco5)c4c(=O)[nH]3)n2N)cc1. The topological polar surface area (TPSA) is 125 Å². The zero-order chi connectivity index (χ0) is 22.2. The Balaban J connectivity index is 1.42. The van der Waals surface area contributed by atoms with Crippen LogP contribution in [0.4, 0.5) is 0 Å². The summed E-state index contributed by atoms with van der Waals surface area (Å²) >= 11 is 2.76. The molecule has 4 heterocycles. The number of thiophene rings is 1. The second kappa shape index (κ2) is 8.17. The Kier molecular flexibility index (Phi) is 5.19. The average molecular weight is 467 g/mol. The standard InChI is InChI=1S/C21H18N6O3S2/c1-11(32-21-26-25-18(27(21)22)12-5-7-13(29-2)8-6-12)17-23-19(28)16-14(10-31-20(16)24-17)15-4-3-9-30-15/h3-11H,22H2,1-2H3,(H,23,24,28). The molecule has 5 rings (SSSR count). The highest BCUT2D eigenvalue weighted by molar-refractivity contribution is 7.99. The lowest BCUT2D eigenvalue weighted by atomic mass is 10.2. The number of fused-ring (bicyclic) bond motifs is 1. The fourth-order valence-corrected chi connectivity index (χ4v) is 5.04. The van der Waals surface area contributed by atoms with Crippen LogP contribution in [0.2, 0.25) is 0 Å². The van der Waals surface area contributed by atoms with Crippen LogP contribution >= 0.6 is 23.1 Å². The summed E-state index contributed by atoms with van der Waals surface area (Å²) < 4.78 is 12.1. The third-order valence-corrected chi connectivity index (χ3v) is 6.87. The third kappa shape index (κ3) is 3.55. The summed E-state index contributed by atoms with van der Waals surface area (Å²) in [4.78, 5) is 21.0. The van der Waals surface area contributed by atoms with E-state index in [-0.39, 0.29) is 10.8 Å². The Morgan fingerprint density at radius 3 is 2.78 bits per heavy atom. The van der Waals surface area contributed by atoms with Gasteiger partial charge >= 0.3 is 0 Å². The van der Waals surface area contributed by atoms with Crippen LogP contribution in [0.1, 0.15) is 18.0 Å². The average Bonchev–Trinajstić information content (AvgIpc) is 3.54. The van der Waals surface area contributed by atoms with Crippen LogP contribution in [0.25, 0.3) is 32.9 Å². The van der Waals surface area contributed by atoms with Gasteiger partial charge in [0.1, 0.15) is 22.2 Å². The van der Waals surface area contributed by atoms with Gasteiger partial charge in [-0.05, 0) is 43.3 Å². The number of nitrogens with two attached hydrogens (primary N) is 1. The van der Waals surface area contributed by atoms with Gasteiger partial charge in [-0.2, -0.15) is 0 Å². The first kappa shape index (κ1) is 20.3. The Morgan fingerprint density at radius 2 is 2.06 bits per heavy atom. The minimum absolute atomic E-state index is 0.210. The largest absolute Gasteiger partial charge is 0.497 e. The number of aromatic amines is 1. The van der Waals surface area contributed by atoms with E-state index in [4.69, 9.17) is 15.0 Å². The smallest absolute Gasteiger partial charge is 0.260 e. The van der Waals surface area contributed by atoms with E-state index < -0.39 is 0 Å². The number of methoxy groups -OCH3 is 1. The van der Waals surface area contributed by atoms with Crippen molar-refractivity contribution < 1.29 is 9.15 Å². The number of benzene rings is 1. The van der Waals surface area contributed by atoms with E-state index in [0.29, 0.717) is 32.8 Å². The Hall–Kier alpha value is -3.57.